The third kappa shape index (κ3) is 5.63. The van der Waals surface area contributed by atoms with Crippen LogP contribution in [0.5, 0.6) is 0 Å². The van der Waals surface area contributed by atoms with Gasteiger partial charge in [-0.25, -0.2) is 4.98 Å². The van der Waals surface area contributed by atoms with E-state index < -0.39 is 0 Å². The van der Waals surface area contributed by atoms with E-state index in [4.69, 9.17) is 10.2 Å². The van der Waals surface area contributed by atoms with Gasteiger partial charge in [-0.3, -0.25) is 4.79 Å². The van der Waals surface area contributed by atoms with Crippen LogP contribution < -0.4 is 11.1 Å². The van der Waals surface area contributed by atoms with Gasteiger partial charge in [-0.05, 0) is 32.5 Å². The maximum absolute atomic E-state index is 11.8. The van der Waals surface area contributed by atoms with E-state index in [2.05, 4.69) is 10.3 Å². The largest absolute Gasteiger partial charge is 0.446 e. The van der Waals surface area contributed by atoms with Gasteiger partial charge in [-0.2, -0.15) is 11.8 Å². The van der Waals surface area contributed by atoms with Crippen LogP contribution in [0.4, 0.5) is 0 Å². The van der Waals surface area contributed by atoms with E-state index >= 15 is 0 Å². The first kappa shape index (κ1) is 16.0. The Morgan fingerprint density at radius 3 is 3.00 bits per heavy atom. The van der Waals surface area contributed by atoms with Gasteiger partial charge >= 0.3 is 0 Å². The predicted molar refractivity (Wildman–Crippen MR) is 77.3 cm³/mol. The summed E-state index contributed by atoms with van der Waals surface area (Å²) in [5, 5.41) is 2.78. The van der Waals surface area contributed by atoms with Crippen LogP contribution in [0.15, 0.2) is 10.7 Å². The Bertz CT molecular complexity index is 395. The minimum Gasteiger partial charge on any atom is -0.446 e. The summed E-state index contributed by atoms with van der Waals surface area (Å²) in [5.74, 6) is 1.13. The first-order chi connectivity index (χ1) is 9.04. The molecule has 0 spiro atoms. The number of oxazole rings is 1. The number of nitrogens with zero attached hydrogens (tertiary/aromatic N) is 2. The molecule has 0 saturated carbocycles. The Morgan fingerprint density at radius 1 is 1.63 bits per heavy atom. The lowest BCUT2D eigenvalue weighted by atomic mass is 10.2. The van der Waals surface area contributed by atoms with Crippen molar-refractivity contribution in [3.63, 3.8) is 0 Å². The number of hydrogen-bond donors (Lipinski definition) is 2. The molecule has 1 rings (SSSR count). The smallest absolute Gasteiger partial charge is 0.273 e. The number of nitrogens with one attached hydrogen (secondary N) is 1. The lowest BCUT2D eigenvalue weighted by Gasteiger charge is -2.09. The number of amides is 1. The Kier molecular flexibility index (Phi) is 6.90. The highest BCUT2D eigenvalue weighted by Gasteiger charge is 2.16. The van der Waals surface area contributed by atoms with Crippen LogP contribution in [0.25, 0.3) is 0 Å². The molecule has 0 aliphatic rings. The van der Waals surface area contributed by atoms with Crippen molar-refractivity contribution in [2.45, 2.75) is 12.5 Å². The zero-order chi connectivity index (χ0) is 14.3. The van der Waals surface area contributed by atoms with Gasteiger partial charge in [0.15, 0.2) is 5.69 Å². The molecule has 0 bridgehead atoms. The first-order valence-corrected chi connectivity index (χ1v) is 7.57. The summed E-state index contributed by atoms with van der Waals surface area (Å²) in [4.78, 5) is 17.9. The molecule has 6 nitrogen and oxygen atoms in total. The summed E-state index contributed by atoms with van der Waals surface area (Å²) in [7, 11) is 3.90. The number of carbonyl (C=O) groups excluding carboxylic acids is 1. The Morgan fingerprint density at radius 2 is 2.37 bits per heavy atom. The third-order valence-electron chi connectivity index (χ3n) is 2.55. The van der Waals surface area contributed by atoms with Crippen molar-refractivity contribution in [1.82, 2.24) is 15.2 Å². The molecule has 7 heteroatoms. The number of likely N-dealkylation sites (N-methyl/N-ethyl adjacent to an activating group) is 1. The molecule has 19 heavy (non-hydrogen) atoms. The normalized spacial score (nSPS) is 12.7. The lowest BCUT2D eigenvalue weighted by molar-refractivity contribution is 0.0946. The maximum Gasteiger partial charge on any atom is 0.273 e. The minimum atomic E-state index is -0.254. The van der Waals surface area contributed by atoms with Gasteiger partial charge in [0.2, 0.25) is 5.89 Å². The minimum absolute atomic E-state index is 0.228. The highest BCUT2D eigenvalue weighted by molar-refractivity contribution is 7.98. The van der Waals surface area contributed by atoms with Crippen molar-refractivity contribution in [1.29, 1.82) is 0 Å². The molecule has 1 atom stereocenters. The topological polar surface area (TPSA) is 84.4 Å². The lowest BCUT2D eigenvalue weighted by Crippen LogP contribution is -2.31. The summed E-state index contributed by atoms with van der Waals surface area (Å²) in [6.07, 6.45) is 4.16. The van der Waals surface area contributed by atoms with Gasteiger partial charge < -0.3 is 20.4 Å². The fraction of sp³-hybridized carbons (Fsp3) is 0.667. The van der Waals surface area contributed by atoms with Crippen molar-refractivity contribution >= 4 is 17.7 Å². The molecule has 1 unspecified atom stereocenters. The molecule has 3 N–H and O–H groups in total. The molecule has 0 aromatic carbocycles. The monoisotopic (exact) mass is 286 g/mol. The van der Waals surface area contributed by atoms with E-state index in [1.165, 1.54) is 6.26 Å². The van der Waals surface area contributed by atoms with E-state index in [0.29, 0.717) is 12.4 Å². The second-order valence-corrected chi connectivity index (χ2v) is 5.50. The Hall–Kier alpha value is -1.05. The first-order valence-electron chi connectivity index (χ1n) is 6.17. The molecule has 108 valence electrons. The van der Waals surface area contributed by atoms with E-state index in [1.807, 2.05) is 25.3 Å². The van der Waals surface area contributed by atoms with E-state index in [-0.39, 0.29) is 17.6 Å². The van der Waals surface area contributed by atoms with Gasteiger partial charge in [0, 0.05) is 13.1 Å². The number of aromatic nitrogens is 1. The second-order valence-electron chi connectivity index (χ2n) is 4.52. The van der Waals surface area contributed by atoms with E-state index in [1.54, 1.807) is 11.8 Å². The van der Waals surface area contributed by atoms with Gasteiger partial charge in [0.25, 0.3) is 5.91 Å². The number of hydrogen-bond acceptors (Lipinski definition) is 6. The molecule has 1 aromatic heterocycles. The quantitative estimate of drug-likeness (QED) is 0.732. The molecule has 0 saturated heterocycles. The molecule has 1 aromatic rings. The molecular formula is C12H22N4O2S. The highest BCUT2D eigenvalue weighted by Crippen LogP contribution is 2.15. The number of thioether (sulfide) groups is 1. The van der Waals surface area contributed by atoms with Gasteiger partial charge in [-0.1, -0.05) is 0 Å². The van der Waals surface area contributed by atoms with Crippen molar-refractivity contribution < 1.29 is 9.21 Å². The number of nitrogens with two attached hydrogens (primary N) is 1. The summed E-state index contributed by atoms with van der Waals surface area (Å²) in [6, 6.07) is -0.254. The average Bonchev–Trinajstić information content (AvgIpc) is 2.85. The van der Waals surface area contributed by atoms with Crippen molar-refractivity contribution in [2.75, 3.05) is 39.2 Å². The van der Waals surface area contributed by atoms with E-state index in [9.17, 15) is 4.79 Å². The Labute approximate surface area is 118 Å². The average molecular weight is 286 g/mol. The van der Waals surface area contributed by atoms with Crippen LogP contribution in [0.3, 0.4) is 0 Å². The second kappa shape index (κ2) is 8.19. The SMILES string of the molecule is CSCCC(N)c1nc(C(=O)NCCN(C)C)co1. The third-order valence-corrected chi connectivity index (χ3v) is 3.19. The van der Waals surface area contributed by atoms with Crippen LogP contribution in [0.2, 0.25) is 0 Å². The zero-order valence-corrected chi connectivity index (χ0v) is 12.5. The van der Waals surface area contributed by atoms with Crippen LogP contribution >= 0.6 is 11.8 Å². The summed E-state index contributed by atoms with van der Waals surface area (Å²) >= 11 is 1.72. The molecule has 0 fully saturated rings. The molecule has 0 aliphatic heterocycles. The van der Waals surface area contributed by atoms with Crippen molar-refractivity contribution in [2.24, 2.45) is 5.73 Å². The fourth-order valence-corrected chi connectivity index (χ4v) is 1.90. The highest BCUT2D eigenvalue weighted by atomic mass is 32.2. The van der Waals surface area contributed by atoms with E-state index in [0.717, 1.165) is 18.7 Å². The number of carbonyl (C=O) groups is 1. The van der Waals surface area contributed by atoms with Crippen LogP contribution in [0.1, 0.15) is 28.8 Å². The van der Waals surface area contributed by atoms with Gasteiger partial charge in [0.05, 0.1) is 6.04 Å². The van der Waals surface area contributed by atoms with Gasteiger partial charge in [-0.15, -0.1) is 0 Å². The summed E-state index contributed by atoms with van der Waals surface area (Å²) < 4.78 is 5.26. The molecule has 0 radical (unpaired) electrons. The molecule has 1 heterocycles. The van der Waals surface area contributed by atoms with Crippen LogP contribution in [-0.2, 0) is 0 Å². The maximum atomic E-state index is 11.8. The molecular weight excluding hydrogens is 264 g/mol. The van der Waals surface area contributed by atoms with Crippen molar-refractivity contribution in [3.8, 4) is 0 Å². The Balaban J connectivity index is 2.46. The zero-order valence-electron chi connectivity index (χ0n) is 11.7. The fourth-order valence-electron chi connectivity index (χ4n) is 1.41. The van der Waals surface area contributed by atoms with Crippen LogP contribution in [0, 0.1) is 0 Å². The van der Waals surface area contributed by atoms with Crippen LogP contribution in [-0.4, -0.2) is 55.0 Å². The number of rotatable bonds is 8. The predicted octanol–water partition coefficient (Wildman–Crippen LogP) is 0.719. The molecule has 1 amide bonds. The summed E-state index contributed by atoms with van der Waals surface area (Å²) in [6.45, 7) is 1.36. The van der Waals surface area contributed by atoms with Crippen molar-refractivity contribution in [3.05, 3.63) is 17.8 Å². The standard InChI is InChI=1S/C12H22N4O2S/c1-16(2)6-5-14-11(17)10-8-18-12(15-10)9(13)4-7-19-3/h8-9H,4-7,13H2,1-3H3,(H,14,17). The van der Waals surface area contributed by atoms with Gasteiger partial charge in [0.1, 0.15) is 6.26 Å². The summed E-state index contributed by atoms with van der Waals surface area (Å²) in [5.41, 5.74) is 6.21. The molecule has 0 aliphatic carbocycles.